The molecule has 39 heavy (non-hydrogen) atoms. The smallest absolute Gasteiger partial charge is 0.303 e. The maximum Gasteiger partial charge on any atom is 0.303 e. The Morgan fingerprint density at radius 3 is 2.54 bits per heavy atom. The van der Waals surface area contributed by atoms with E-state index in [-0.39, 0.29) is 11.1 Å². The Balaban J connectivity index is 1.70. The highest BCUT2D eigenvalue weighted by atomic mass is 19.3. The van der Waals surface area contributed by atoms with E-state index < -0.39 is 28.9 Å². The summed E-state index contributed by atoms with van der Waals surface area (Å²) in [7, 11) is 3.64. The number of ether oxygens (including phenoxy) is 2. The summed E-state index contributed by atoms with van der Waals surface area (Å²) < 4.78 is 57.0. The van der Waals surface area contributed by atoms with Gasteiger partial charge in [-0.15, -0.1) is 0 Å². The number of aliphatic hydroxyl groups is 1. The Morgan fingerprint density at radius 1 is 1.21 bits per heavy atom. The number of aromatic nitrogens is 2. The molecular formula is C29H37F3N4O3. The summed E-state index contributed by atoms with van der Waals surface area (Å²) in [5, 5.41) is 13.8. The summed E-state index contributed by atoms with van der Waals surface area (Å²) in [6.45, 7) is 8.93. The molecule has 4 rings (SSSR count). The summed E-state index contributed by atoms with van der Waals surface area (Å²) in [5.74, 6) is -2.96. The van der Waals surface area contributed by atoms with Crippen molar-refractivity contribution < 1.29 is 27.8 Å². The topological polar surface area (TPSA) is 79.7 Å². The van der Waals surface area contributed by atoms with Crippen molar-refractivity contribution in [2.45, 2.75) is 70.6 Å². The Hall–Kier alpha value is -3.11. The van der Waals surface area contributed by atoms with Gasteiger partial charge in [-0.1, -0.05) is 12.1 Å². The maximum atomic E-state index is 15.4. The van der Waals surface area contributed by atoms with Gasteiger partial charge in [-0.3, -0.25) is 4.90 Å². The number of likely N-dealkylation sites (N-methyl/N-ethyl adjacent to an activating group) is 1. The molecule has 10 heteroatoms. The van der Waals surface area contributed by atoms with Crippen LogP contribution in [0.5, 0.6) is 11.5 Å². The third-order valence-corrected chi connectivity index (χ3v) is 7.72. The number of nitrogens with one attached hydrogen (secondary N) is 1. The van der Waals surface area contributed by atoms with Crippen molar-refractivity contribution in [3.8, 4) is 11.5 Å². The fourth-order valence-corrected chi connectivity index (χ4v) is 4.95. The maximum absolute atomic E-state index is 15.4. The van der Waals surface area contributed by atoms with Gasteiger partial charge in [0.15, 0.2) is 11.5 Å². The zero-order chi connectivity index (χ0) is 28.8. The van der Waals surface area contributed by atoms with Crippen molar-refractivity contribution in [2.75, 3.05) is 32.6 Å². The SMILES string of the molecule is COc1cc2nc(C)nc(N[C@H](C)c3cccc(C(F)(F)C(C)(C)O)c3F)c2cc1OC[C@]1(C)CCCN1C. The van der Waals surface area contributed by atoms with Crippen molar-refractivity contribution in [1.29, 1.82) is 0 Å². The number of likely N-dealkylation sites (tertiary alicyclic amines) is 1. The highest BCUT2D eigenvalue weighted by Crippen LogP contribution is 2.42. The summed E-state index contributed by atoms with van der Waals surface area (Å²) >= 11 is 0. The first kappa shape index (κ1) is 28.9. The first-order valence-corrected chi connectivity index (χ1v) is 13.0. The van der Waals surface area contributed by atoms with Crippen LogP contribution in [0.15, 0.2) is 30.3 Å². The van der Waals surface area contributed by atoms with Crippen molar-refractivity contribution in [2.24, 2.45) is 0 Å². The highest BCUT2D eigenvalue weighted by molar-refractivity contribution is 5.92. The summed E-state index contributed by atoms with van der Waals surface area (Å²) in [5.41, 5.74) is -2.80. The lowest BCUT2D eigenvalue weighted by Gasteiger charge is -2.32. The van der Waals surface area contributed by atoms with Crippen LogP contribution in [0.3, 0.4) is 0 Å². The largest absolute Gasteiger partial charge is 0.493 e. The standard InChI is InChI=1S/C29H37F3N4O3/c1-17(19-10-8-11-21(25(19)30)29(31,32)27(3,4)37)33-26-20-14-24(39-16-28(5)12-9-13-36(28)6)23(38-7)15-22(20)34-18(2)35-26/h8,10-11,14-15,17,37H,9,12-13,16H2,1-7H3,(H,33,34,35)/t17-,28+/m1/s1. The molecule has 0 amide bonds. The highest BCUT2D eigenvalue weighted by Gasteiger charge is 2.49. The average molecular weight is 547 g/mol. The molecule has 1 aliphatic heterocycles. The Bertz CT molecular complexity index is 1360. The van der Waals surface area contributed by atoms with Crippen LogP contribution in [0, 0.1) is 12.7 Å². The van der Waals surface area contributed by atoms with Gasteiger partial charge < -0.3 is 19.9 Å². The number of hydrogen-bond donors (Lipinski definition) is 2. The lowest BCUT2D eigenvalue weighted by Crippen LogP contribution is -2.43. The van der Waals surface area contributed by atoms with Gasteiger partial charge >= 0.3 is 5.92 Å². The second-order valence-corrected chi connectivity index (χ2v) is 11.2. The van der Waals surface area contributed by atoms with E-state index in [1.807, 2.05) is 0 Å². The van der Waals surface area contributed by atoms with Crippen LogP contribution in [-0.4, -0.2) is 58.4 Å². The van der Waals surface area contributed by atoms with Crippen LogP contribution in [0.2, 0.25) is 0 Å². The van der Waals surface area contributed by atoms with E-state index in [1.165, 1.54) is 12.1 Å². The third-order valence-electron chi connectivity index (χ3n) is 7.72. The van der Waals surface area contributed by atoms with E-state index in [2.05, 4.69) is 34.2 Å². The molecule has 1 fully saturated rings. The molecule has 0 spiro atoms. The number of halogens is 3. The van der Waals surface area contributed by atoms with Crippen LogP contribution in [0.1, 0.15) is 63.5 Å². The second-order valence-electron chi connectivity index (χ2n) is 11.2. The molecule has 0 aliphatic carbocycles. The monoisotopic (exact) mass is 546 g/mol. The molecule has 0 unspecified atom stereocenters. The van der Waals surface area contributed by atoms with E-state index >= 15 is 4.39 Å². The van der Waals surface area contributed by atoms with Crippen LogP contribution >= 0.6 is 0 Å². The quantitative estimate of drug-likeness (QED) is 0.342. The number of alkyl halides is 2. The number of fused-ring (bicyclic) bond motifs is 1. The average Bonchev–Trinajstić information content (AvgIpc) is 3.19. The number of hydrogen-bond acceptors (Lipinski definition) is 7. The molecule has 2 N–H and O–H groups in total. The first-order valence-electron chi connectivity index (χ1n) is 13.0. The molecule has 1 saturated heterocycles. The molecule has 3 aromatic rings. The van der Waals surface area contributed by atoms with Crippen molar-refractivity contribution in [3.63, 3.8) is 0 Å². The molecule has 0 radical (unpaired) electrons. The van der Waals surface area contributed by atoms with Crippen molar-refractivity contribution >= 4 is 16.7 Å². The Kier molecular flexibility index (Phi) is 7.75. The predicted molar refractivity (Wildman–Crippen MR) is 145 cm³/mol. The van der Waals surface area contributed by atoms with Gasteiger partial charge in [-0.05, 0) is 73.2 Å². The molecule has 2 aromatic carbocycles. The summed E-state index contributed by atoms with van der Waals surface area (Å²) in [4.78, 5) is 11.3. The fraction of sp³-hybridized carbons (Fsp3) is 0.517. The molecule has 1 aliphatic rings. The molecule has 212 valence electrons. The number of benzene rings is 2. The van der Waals surface area contributed by atoms with Crippen molar-refractivity contribution in [3.05, 3.63) is 53.1 Å². The molecule has 0 saturated carbocycles. The minimum atomic E-state index is -3.79. The van der Waals surface area contributed by atoms with Gasteiger partial charge in [0.05, 0.1) is 29.8 Å². The first-order chi connectivity index (χ1) is 18.2. The minimum Gasteiger partial charge on any atom is -0.493 e. The van der Waals surface area contributed by atoms with Gasteiger partial charge in [0.1, 0.15) is 29.7 Å². The van der Waals surface area contributed by atoms with Crippen LogP contribution in [0.25, 0.3) is 10.9 Å². The number of methoxy groups -OCH3 is 1. The van der Waals surface area contributed by atoms with Gasteiger partial charge in [-0.2, -0.15) is 8.78 Å². The summed E-state index contributed by atoms with van der Waals surface area (Å²) in [6.07, 6.45) is 2.12. The molecule has 2 atom stereocenters. The number of anilines is 1. The third kappa shape index (κ3) is 5.49. The van der Waals surface area contributed by atoms with E-state index in [0.717, 1.165) is 39.3 Å². The fourth-order valence-electron chi connectivity index (χ4n) is 4.95. The van der Waals surface area contributed by atoms with Crippen molar-refractivity contribution in [1.82, 2.24) is 14.9 Å². The molecular weight excluding hydrogens is 509 g/mol. The molecule has 0 bridgehead atoms. The summed E-state index contributed by atoms with van der Waals surface area (Å²) in [6, 6.07) is 6.59. The number of aryl methyl sites for hydroxylation is 1. The minimum absolute atomic E-state index is 0.0167. The molecule has 7 nitrogen and oxygen atoms in total. The van der Waals surface area contributed by atoms with Gasteiger partial charge in [0.2, 0.25) is 0 Å². The molecule has 1 aromatic heterocycles. The Morgan fingerprint density at radius 2 is 1.92 bits per heavy atom. The lowest BCUT2D eigenvalue weighted by atomic mass is 9.91. The predicted octanol–water partition coefficient (Wildman–Crippen LogP) is 5.98. The zero-order valence-electron chi connectivity index (χ0n) is 23.5. The van der Waals surface area contributed by atoms with Gasteiger partial charge in [0, 0.05) is 17.0 Å². The number of rotatable bonds is 9. The Labute approximate surface area is 227 Å². The normalized spacial score (nSPS) is 19.4. The van der Waals surface area contributed by atoms with E-state index in [1.54, 1.807) is 33.1 Å². The van der Waals surface area contributed by atoms with Crippen LogP contribution < -0.4 is 14.8 Å². The van der Waals surface area contributed by atoms with E-state index in [9.17, 15) is 13.9 Å². The molecule has 2 heterocycles. The van der Waals surface area contributed by atoms with E-state index in [0.29, 0.717) is 40.7 Å². The van der Waals surface area contributed by atoms with Gasteiger partial charge in [-0.25, -0.2) is 14.4 Å². The van der Waals surface area contributed by atoms with Crippen LogP contribution in [-0.2, 0) is 5.92 Å². The number of nitrogens with zero attached hydrogens (tertiary/aromatic N) is 3. The zero-order valence-corrected chi connectivity index (χ0v) is 23.5. The lowest BCUT2D eigenvalue weighted by molar-refractivity contribution is -0.170. The van der Waals surface area contributed by atoms with Crippen LogP contribution in [0.4, 0.5) is 19.0 Å². The second kappa shape index (κ2) is 10.5. The van der Waals surface area contributed by atoms with E-state index in [4.69, 9.17) is 9.47 Å². The van der Waals surface area contributed by atoms with Gasteiger partial charge in [0.25, 0.3) is 0 Å².